The van der Waals surface area contributed by atoms with Crippen molar-refractivity contribution in [2.24, 2.45) is 0 Å². The van der Waals surface area contributed by atoms with Gasteiger partial charge in [0, 0.05) is 30.2 Å². The van der Waals surface area contributed by atoms with E-state index in [2.05, 4.69) is 73.1 Å². The maximum Gasteiger partial charge on any atom is 0.0797 e. The molecule has 121 valence electrons. The average Bonchev–Trinajstić information content (AvgIpc) is 2.98. The summed E-state index contributed by atoms with van der Waals surface area (Å²) in [6.07, 6.45) is 1.15. The quantitative estimate of drug-likeness (QED) is 0.541. The maximum absolute atomic E-state index is 4.71. The van der Waals surface area contributed by atoms with E-state index in [-0.39, 0.29) is 17.1 Å². The molecule has 1 radical (unpaired) electrons. The molecule has 1 N–H and O–H groups in total. The number of H-pyrrole nitrogens is 1. The van der Waals surface area contributed by atoms with Gasteiger partial charge >= 0.3 is 0 Å². The Hall–Kier alpha value is -1.77. The number of imidazole rings is 1. The summed E-state index contributed by atoms with van der Waals surface area (Å²) in [5, 5.41) is 0. The molecule has 0 fully saturated rings. The van der Waals surface area contributed by atoms with Gasteiger partial charge in [0.05, 0.1) is 16.9 Å². The van der Waals surface area contributed by atoms with Crippen LogP contribution in [0.3, 0.4) is 0 Å². The van der Waals surface area contributed by atoms with E-state index < -0.39 is 0 Å². The molecule has 0 bridgehead atoms. The number of rotatable bonds is 5. The van der Waals surface area contributed by atoms with Gasteiger partial charge in [0.25, 0.3) is 0 Å². The predicted octanol–water partition coefficient (Wildman–Crippen LogP) is 4.57. The van der Waals surface area contributed by atoms with Crippen molar-refractivity contribution >= 4 is 16.7 Å². The minimum Gasteiger partial charge on any atom is -0.411 e. The van der Waals surface area contributed by atoms with Crippen LogP contribution in [0.5, 0.6) is 0 Å². The van der Waals surface area contributed by atoms with Crippen LogP contribution < -0.4 is 4.90 Å². The molecular formula is C19H22MnN3-. The summed E-state index contributed by atoms with van der Waals surface area (Å²) in [5.41, 5.74) is 5.54. The first-order chi connectivity index (χ1) is 10.7. The molecular weight excluding hydrogens is 325 g/mol. The second kappa shape index (κ2) is 7.67. The maximum atomic E-state index is 4.71. The molecule has 1 aromatic heterocycles. The smallest absolute Gasteiger partial charge is 0.0797 e. The van der Waals surface area contributed by atoms with Crippen molar-refractivity contribution in [1.82, 2.24) is 9.97 Å². The summed E-state index contributed by atoms with van der Waals surface area (Å²) in [6, 6.07) is 15.9. The number of hydrogen-bond acceptors (Lipinski definition) is 2. The monoisotopic (exact) mass is 347 g/mol. The molecule has 0 unspecified atom stereocenters. The number of nitrogens with zero attached hydrogens (tertiary/aromatic N) is 2. The zero-order valence-electron chi connectivity index (χ0n) is 13.9. The van der Waals surface area contributed by atoms with Crippen LogP contribution in [0.15, 0.2) is 36.4 Å². The Bertz CT molecular complexity index is 762. The molecule has 0 spiro atoms. The van der Waals surface area contributed by atoms with E-state index in [4.69, 9.17) is 4.98 Å². The third-order valence-corrected chi connectivity index (χ3v) is 4.01. The summed E-state index contributed by atoms with van der Waals surface area (Å²) < 4.78 is 0. The molecule has 0 aliphatic heterocycles. The van der Waals surface area contributed by atoms with Crippen molar-refractivity contribution in [3.8, 4) is 11.4 Å². The fraction of sp³-hybridized carbons (Fsp3) is 0.316. The van der Waals surface area contributed by atoms with E-state index in [0.717, 1.165) is 41.9 Å². The number of hydrogen-bond donors (Lipinski definition) is 1. The number of aryl methyl sites for hydroxylation is 1. The Morgan fingerprint density at radius 1 is 1.17 bits per heavy atom. The predicted molar refractivity (Wildman–Crippen MR) is 93.3 cm³/mol. The van der Waals surface area contributed by atoms with Crippen LogP contribution >= 0.6 is 0 Å². The summed E-state index contributed by atoms with van der Waals surface area (Å²) in [6.45, 7) is 8.57. The van der Waals surface area contributed by atoms with Crippen LogP contribution in [0.2, 0.25) is 0 Å². The third kappa shape index (κ3) is 3.60. The Morgan fingerprint density at radius 2 is 2.00 bits per heavy atom. The summed E-state index contributed by atoms with van der Waals surface area (Å²) in [7, 11) is 0. The third-order valence-electron chi connectivity index (χ3n) is 4.01. The molecule has 0 saturated heterocycles. The van der Waals surface area contributed by atoms with E-state index in [1.807, 2.05) is 0 Å². The Kier molecular flexibility index (Phi) is 5.86. The molecule has 0 atom stereocenters. The molecule has 0 saturated carbocycles. The van der Waals surface area contributed by atoms with Gasteiger partial charge in [-0.1, -0.05) is 19.1 Å². The second-order valence-electron chi connectivity index (χ2n) is 5.60. The normalized spacial score (nSPS) is 10.6. The van der Waals surface area contributed by atoms with Gasteiger partial charge in [0.1, 0.15) is 0 Å². The molecule has 0 amide bonds. The first-order valence-electron chi connectivity index (χ1n) is 7.95. The van der Waals surface area contributed by atoms with Gasteiger partial charge in [-0.05, 0) is 37.6 Å². The number of para-hydroxylation sites is 1. The first kappa shape index (κ1) is 17.6. The van der Waals surface area contributed by atoms with E-state index in [1.54, 1.807) is 0 Å². The van der Waals surface area contributed by atoms with Crippen molar-refractivity contribution in [2.45, 2.75) is 27.2 Å². The van der Waals surface area contributed by atoms with Gasteiger partial charge in [-0.2, -0.15) is 0 Å². The minimum absolute atomic E-state index is 0. The van der Waals surface area contributed by atoms with Gasteiger partial charge in [0.2, 0.25) is 0 Å². The molecule has 23 heavy (non-hydrogen) atoms. The zero-order valence-corrected chi connectivity index (χ0v) is 15.0. The number of anilines is 1. The fourth-order valence-electron chi connectivity index (χ4n) is 2.80. The van der Waals surface area contributed by atoms with Crippen LogP contribution in [-0.4, -0.2) is 23.1 Å². The van der Waals surface area contributed by atoms with Crippen LogP contribution in [0.4, 0.5) is 5.69 Å². The molecule has 1 heterocycles. The van der Waals surface area contributed by atoms with E-state index in [9.17, 15) is 0 Å². The number of aromatic nitrogens is 2. The van der Waals surface area contributed by atoms with Crippen LogP contribution in [0.1, 0.15) is 25.8 Å². The topological polar surface area (TPSA) is 31.9 Å². The largest absolute Gasteiger partial charge is 0.411 e. The molecule has 2 aromatic carbocycles. The SMILES string of the molecule is CCCN(CC)c1c[c-]c(-c2nc3c(C)cccc3[nH]2)cc1.[Mn]. The fourth-order valence-corrected chi connectivity index (χ4v) is 2.80. The number of benzene rings is 2. The van der Waals surface area contributed by atoms with Crippen LogP contribution in [-0.2, 0) is 17.1 Å². The zero-order chi connectivity index (χ0) is 15.5. The van der Waals surface area contributed by atoms with E-state index >= 15 is 0 Å². The second-order valence-corrected chi connectivity index (χ2v) is 5.60. The first-order valence-corrected chi connectivity index (χ1v) is 7.95. The number of fused-ring (bicyclic) bond motifs is 1. The number of nitrogens with one attached hydrogen (secondary N) is 1. The van der Waals surface area contributed by atoms with Crippen molar-refractivity contribution in [3.63, 3.8) is 0 Å². The van der Waals surface area contributed by atoms with Crippen molar-refractivity contribution in [2.75, 3.05) is 18.0 Å². The Morgan fingerprint density at radius 3 is 2.61 bits per heavy atom. The molecule has 3 aromatic rings. The Labute approximate surface area is 148 Å². The van der Waals surface area contributed by atoms with Crippen molar-refractivity contribution in [3.05, 3.63) is 48.0 Å². The Balaban J connectivity index is 0.00000192. The van der Waals surface area contributed by atoms with Crippen molar-refractivity contribution in [1.29, 1.82) is 0 Å². The molecule has 3 nitrogen and oxygen atoms in total. The van der Waals surface area contributed by atoms with Gasteiger partial charge < -0.3 is 9.88 Å². The van der Waals surface area contributed by atoms with Crippen LogP contribution in [0, 0.1) is 13.0 Å². The molecule has 0 aliphatic rings. The van der Waals surface area contributed by atoms with Gasteiger partial charge in [0.15, 0.2) is 0 Å². The van der Waals surface area contributed by atoms with E-state index in [1.165, 1.54) is 11.3 Å². The average molecular weight is 347 g/mol. The molecule has 4 heteroatoms. The van der Waals surface area contributed by atoms with Crippen molar-refractivity contribution < 1.29 is 17.1 Å². The summed E-state index contributed by atoms with van der Waals surface area (Å²) >= 11 is 0. The summed E-state index contributed by atoms with van der Waals surface area (Å²) in [5.74, 6) is 0.884. The van der Waals surface area contributed by atoms with E-state index in [0.29, 0.717) is 0 Å². The molecule has 3 rings (SSSR count). The standard InChI is InChI=1S/C19H22N3.Mn/c1-4-13-22(5-2)16-11-9-15(10-12-16)19-20-17-8-6-7-14(3)18(17)21-19;/h6-9,11-12H,4-5,13H2,1-3H3,(H,20,21);/q-1;. The number of aromatic amines is 1. The van der Waals surface area contributed by atoms with Crippen LogP contribution in [0.25, 0.3) is 22.4 Å². The van der Waals surface area contributed by atoms with Gasteiger partial charge in [-0.3, -0.25) is 4.98 Å². The van der Waals surface area contributed by atoms with Gasteiger partial charge in [-0.25, -0.2) is 0 Å². The van der Waals surface area contributed by atoms with Gasteiger partial charge in [-0.15, -0.1) is 29.8 Å². The molecule has 0 aliphatic carbocycles. The minimum atomic E-state index is 0. The summed E-state index contributed by atoms with van der Waals surface area (Å²) in [4.78, 5) is 10.5.